The van der Waals surface area contributed by atoms with Crippen LogP contribution in [-0.2, 0) is 4.79 Å². The molecule has 0 bridgehead atoms. The maximum atomic E-state index is 10.7. The molecule has 0 aliphatic carbocycles. The molecule has 0 heterocycles. The van der Waals surface area contributed by atoms with Crippen LogP contribution in [0.15, 0.2) is 18.2 Å². The maximum absolute atomic E-state index is 10.7. The molecule has 0 saturated heterocycles. The van der Waals surface area contributed by atoms with Gasteiger partial charge in [-0.05, 0) is 25.6 Å². The Morgan fingerprint density at radius 2 is 2.28 bits per heavy atom. The Morgan fingerprint density at radius 1 is 1.61 bits per heavy atom. The fourth-order valence-corrected chi connectivity index (χ4v) is 1.36. The second-order valence-corrected chi connectivity index (χ2v) is 3.70. The maximum Gasteiger partial charge on any atom is 0.324 e. The van der Waals surface area contributed by atoms with Gasteiger partial charge in [-0.1, -0.05) is 0 Å². The molecular formula is C11H14N2O5. The van der Waals surface area contributed by atoms with Gasteiger partial charge < -0.3 is 15.2 Å². The summed E-state index contributed by atoms with van der Waals surface area (Å²) < 4.78 is 5.32. The first-order chi connectivity index (χ1) is 8.45. The summed E-state index contributed by atoms with van der Waals surface area (Å²) in [6, 6.07) is 3.34. The van der Waals surface area contributed by atoms with Gasteiger partial charge in [-0.2, -0.15) is 0 Å². The lowest BCUT2D eigenvalue weighted by molar-refractivity contribution is -0.384. The molecule has 1 rings (SSSR count). The number of aliphatic carboxylic acids is 1. The highest BCUT2D eigenvalue weighted by Crippen LogP contribution is 2.23. The van der Waals surface area contributed by atoms with Crippen molar-refractivity contribution in [2.75, 3.05) is 13.7 Å². The molecule has 2 N–H and O–H groups in total. The third-order valence-corrected chi connectivity index (χ3v) is 2.42. The van der Waals surface area contributed by atoms with Crippen molar-refractivity contribution in [3.63, 3.8) is 0 Å². The molecule has 0 spiro atoms. The van der Waals surface area contributed by atoms with Crippen LogP contribution in [0, 0.1) is 17.0 Å². The zero-order valence-corrected chi connectivity index (χ0v) is 10.0. The molecule has 0 radical (unpaired) electrons. The molecule has 0 saturated carbocycles. The standard InChI is InChI=1S/C11H14N2O5/c1-7-5-8(13(16)17)3-4-10(7)18-6-9(12-2)11(14)15/h3-5,9,12H,6H2,1-2H3,(H,14,15). The number of hydrogen-bond acceptors (Lipinski definition) is 5. The van der Waals surface area contributed by atoms with Crippen LogP contribution in [0.5, 0.6) is 5.75 Å². The van der Waals surface area contributed by atoms with E-state index in [0.717, 1.165) is 0 Å². The van der Waals surface area contributed by atoms with Crippen molar-refractivity contribution in [1.82, 2.24) is 5.32 Å². The molecule has 1 aromatic carbocycles. The number of carboxylic acid groups (broad SMARTS) is 1. The zero-order chi connectivity index (χ0) is 13.7. The van der Waals surface area contributed by atoms with Gasteiger partial charge in [-0.3, -0.25) is 14.9 Å². The molecule has 0 aliphatic heterocycles. The molecule has 7 heteroatoms. The molecule has 98 valence electrons. The Hall–Kier alpha value is -2.15. The predicted octanol–water partition coefficient (Wildman–Crippen LogP) is 0.955. The Labute approximate surface area is 104 Å². The average Bonchev–Trinajstić information content (AvgIpc) is 2.30. The van der Waals surface area contributed by atoms with E-state index in [1.54, 1.807) is 6.92 Å². The van der Waals surface area contributed by atoms with Crippen LogP contribution in [0.3, 0.4) is 0 Å². The van der Waals surface area contributed by atoms with Crippen LogP contribution in [0.25, 0.3) is 0 Å². The summed E-state index contributed by atoms with van der Waals surface area (Å²) in [6.45, 7) is 1.61. The number of benzene rings is 1. The fraction of sp³-hybridized carbons (Fsp3) is 0.364. The zero-order valence-electron chi connectivity index (χ0n) is 10.0. The summed E-state index contributed by atoms with van der Waals surface area (Å²) in [4.78, 5) is 20.8. The highest BCUT2D eigenvalue weighted by Gasteiger charge is 2.16. The second kappa shape index (κ2) is 5.97. The average molecular weight is 254 g/mol. The van der Waals surface area contributed by atoms with E-state index in [4.69, 9.17) is 9.84 Å². The lowest BCUT2D eigenvalue weighted by Gasteiger charge is -2.13. The largest absolute Gasteiger partial charge is 0.491 e. The van der Waals surface area contributed by atoms with E-state index < -0.39 is 16.9 Å². The van der Waals surface area contributed by atoms with Gasteiger partial charge in [0.05, 0.1) is 4.92 Å². The number of hydrogen-bond donors (Lipinski definition) is 2. The van der Waals surface area contributed by atoms with Gasteiger partial charge in [0.25, 0.3) is 5.69 Å². The molecule has 0 fully saturated rings. The third kappa shape index (κ3) is 3.42. The van der Waals surface area contributed by atoms with Crippen LogP contribution in [0.1, 0.15) is 5.56 Å². The minimum Gasteiger partial charge on any atom is -0.491 e. The first kappa shape index (κ1) is 13.9. The first-order valence-electron chi connectivity index (χ1n) is 5.23. The third-order valence-electron chi connectivity index (χ3n) is 2.42. The van der Waals surface area contributed by atoms with Gasteiger partial charge in [0.1, 0.15) is 18.4 Å². The number of rotatable bonds is 6. The van der Waals surface area contributed by atoms with Crippen LogP contribution < -0.4 is 10.1 Å². The molecule has 0 aromatic heterocycles. The minimum absolute atomic E-state index is 0.0248. The normalized spacial score (nSPS) is 11.9. The molecule has 0 amide bonds. The van der Waals surface area contributed by atoms with E-state index in [1.165, 1.54) is 25.2 Å². The molecule has 18 heavy (non-hydrogen) atoms. The van der Waals surface area contributed by atoms with Crippen LogP contribution >= 0.6 is 0 Å². The number of non-ortho nitro benzene ring substituents is 1. The highest BCUT2D eigenvalue weighted by atomic mass is 16.6. The monoisotopic (exact) mass is 254 g/mol. The van der Waals surface area contributed by atoms with E-state index in [2.05, 4.69) is 5.32 Å². The van der Waals surface area contributed by atoms with E-state index in [9.17, 15) is 14.9 Å². The summed E-state index contributed by atoms with van der Waals surface area (Å²) in [7, 11) is 1.52. The number of nitrogens with one attached hydrogen (secondary N) is 1. The van der Waals surface area contributed by atoms with Crippen LogP contribution in [-0.4, -0.2) is 35.7 Å². The van der Waals surface area contributed by atoms with E-state index in [1.807, 2.05) is 0 Å². The smallest absolute Gasteiger partial charge is 0.324 e. The van der Waals surface area contributed by atoms with Crippen molar-refractivity contribution >= 4 is 11.7 Å². The quantitative estimate of drug-likeness (QED) is 0.579. The van der Waals surface area contributed by atoms with Gasteiger partial charge in [0.15, 0.2) is 0 Å². The number of nitrogens with zero attached hydrogens (tertiary/aromatic N) is 1. The topological polar surface area (TPSA) is 102 Å². The number of ether oxygens (including phenoxy) is 1. The molecular weight excluding hydrogens is 240 g/mol. The van der Waals surface area contributed by atoms with Crippen molar-refractivity contribution in [3.05, 3.63) is 33.9 Å². The lowest BCUT2D eigenvalue weighted by Crippen LogP contribution is -2.39. The second-order valence-electron chi connectivity index (χ2n) is 3.70. The Bertz CT molecular complexity index is 461. The van der Waals surface area contributed by atoms with E-state index in [-0.39, 0.29) is 12.3 Å². The summed E-state index contributed by atoms with van der Waals surface area (Å²) in [5.41, 5.74) is 0.563. The van der Waals surface area contributed by atoms with E-state index in [0.29, 0.717) is 11.3 Å². The Kier molecular flexibility index (Phi) is 4.61. The highest BCUT2D eigenvalue weighted by molar-refractivity contribution is 5.73. The van der Waals surface area contributed by atoms with Crippen molar-refractivity contribution < 1.29 is 19.6 Å². The van der Waals surface area contributed by atoms with Crippen molar-refractivity contribution in [1.29, 1.82) is 0 Å². The number of nitro benzene ring substituents is 1. The summed E-state index contributed by atoms with van der Waals surface area (Å²) in [5.74, 6) is -0.584. The Morgan fingerprint density at radius 3 is 2.72 bits per heavy atom. The van der Waals surface area contributed by atoms with Crippen molar-refractivity contribution in [3.8, 4) is 5.75 Å². The van der Waals surface area contributed by atoms with Crippen molar-refractivity contribution in [2.45, 2.75) is 13.0 Å². The number of aryl methyl sites for hydroxylation is 1. The molecule has 1 aromatic rings. The summed E-state index contributed by atoms with van der Waals surface area (Å²) in [6.07, 6.45) is 0. The van der Waals surface area contributed by atoms with Crippen molar-refractivity contribution in [2.24, 2.45) is 0 Å². The fourth-order valence-electron chi connectivity index (χ4n) is 1.36. The first-order valence-corrected chi connectivity index (χ1v) is 5.23. The number of carboxylic acids is 1. The lowest BCUT2D eigenvalue weighted by atomic mass is 10.2. The molecule has 1 atom stereocenters. The van der Waals surface area contributed by atoms with Gasteiger partial charge in [0.2, 0.25) is 0 Å². The summed E-state index contributed by atoms with van der Waals surface area (Å²) >= 11 is 0. The number of likely N-dealkylation sites (N-methyl/N-ethyl adjacent to an activating group) is 1. The number of nitro groups is 1. The number of carbonyl (C=O) groups is 1. The SMILES string of the molecule is CNC(COc1ccc([N+](=O)[O-])cc1C)C(=O)O. The Balaban J connectivity index is 2.74. The van der Waals surface area contributed by atoms with Gasteiger partial charge in [0, 0.05) is 12.1 Å². The van der Waals surface area contributed by atoms with Gasteiger partial charge in [-0.15, -0.1) is 0 Å². The van der Waals surface area contributed by atoms with Gasteiger partial charge in [-0.25, -0.2) is 0 Å². The molecule has 1 unspecified atom stereocenters. The minimum atomic E-state index is -1.02. The molecule has 0 aliphatic rings. The van der Waals surface area contributed by atoms with Crippen LogP contribution in [0.4, 0.5) is 5.69 Å². The van der Waals surface area contributed by atoms with Gasteiger partial charge >= 0.3 is 5.97 Å². The summed E-state index contributed by atoms with van der Waals surface area (Å²) in [5, 5.41) is 21.9. The van der Waals surface area contributed by atoms with Crippen LogP contribution in [0.2, 0.25) is 0 Å². The predicted molar refractivity (Wildman–Crippen MR) is 63.8 cm³/mol. The molecule has 7 nitrogen and oxygen atoms in total. The van der Waals surface area contributed by atoms with E-state index >= 15 is 0 Å².